The molecular weight excluding hydrogens is 532 g/mol. The zero-order chi connectivity index (χ0) is 27.9. The molecule has 3 rings (SSSR count). The van der Waals surface area contributed by atoms with E-state index in [0.29, 0.717) is 10.6 Å². The molecule has 0 radical (unpaired) electrons. The number of halogens is 1. The van der Waals surface area contributed by atoms with Gasteiger partial charge in [0.15, 0.2) is 0 Å². The average molecular weight is 559 g/mol. The molecule has 3 aromatic rings. The summed E-state index contributed by atoms with van der Waals surface area (Å²) in [6, 6.07) is 18.3. The molecule has 12 heteroatoms. The molecule has 1 atom stereocenters. The number of anilines is 1. The molecule has 0 heterocycles. The molecule has 0 fully saturated rings. The summed E-state index contributed by atoms with van der Waals surface area (Å²) in [6.07, 6.45) is 0.263. The maximum absolute atomic E-state index is 13.8. The van der Waals surface area contributed by atoms with Crippen LogP contribution < -0.4 is 9.62 Å². The highest BCUT2D eigenvalue weighted by atomic mass is 35.5. The SMILES string of the molecule is CC[C@@H](C(=O)NC)N(Cc1ccccc1Cl)C(=O)CN(c1ccc([N+](=O)[O-])cc1)S(=O)(=O)c1ccccc1. The minimum Gasteiger partial charge on any atom is -0.357 e. The first-order valence-corrected chi connectivity index (χ1v) is 13.5. The van der Waals surface area contributed by atoms with Crippen molar-refractivity contribution in [2.45, 2.75) is 30.8 Å². The van der Waals surface area contributed by atoms with Crippen molar-refractivity contribution in [2.75, 3.05) is 17.9 Å². The quantitative estimate of drug-likeness (QED) is 0.280. The van der Waals surface area contributed by atoms with E-state index in [9.17, 15) is 28.1 Å². The summed E-state index contributed by atoms with van der Waals surface area (Å²) < 4.78 is 28.2. The minimum absolute atomic E-state index is 0.0378. The Morgan fingerprint density at radius 1 is 1.00 bits per heavy atom. The van der Waals surface area contributed by atoms with Gasteiger partial charge in [0.2, 0.25) is 11.8 Å². The summed E-state index contributed by atoms with van der Waals surface area (Å²) in [7, 11) is -2.82. The second kappa shape index (κ2) is 12.5. The molecule has 0 aromatic heterocycles. The van der Waals surface area contributed by atoms with E-state index in [1.165, 1.54) is 36.2 Å². The van der Waals surface area contributed by atoms with E-state index in [1.54, 1.807) is 49.4 Å². The molecule has 0 aliphatic heterocycles. The van der Waals surface area contributed by atoms with Crippen molar-refractivity contribution in [3.8, 4) is 0 Å². The first-order valence-electron chi connectivity index (χ1n) is 11.7. The number of carbonyl (C=O) groups excluding carboxylic acids is 2. The number of nitro benzene ring substituents is 1. The molecule has 0 saturated carbocycles. The number of benzene rings is 3. The first kappa shape index (κ1) is 28.6. The van der Waals surface area contributed by atoms with Crippen molar-refractivity contribution in [1.82, 2.24) is 10.2 Å². The van der Waals surface area contributed by atoms with Gasteiger partial charge in [-0.15, -0.1) is 0 Å². The molecule has 1 N–H and O–H groups in total. The maximum Gasteiger partial charge on any atom is 0.269 e. The highest BCUT2D eigenvalue weighted by Crippen LogP contribution is 2.27. The zero-order valence-corrected chi connectivity index (χ0v) is 22.4. The van der Waals surface area contributed by atoms with Crippen LogP contribution in [0.1, 0.15) is 18.9 Å². The van der Waals surface area contributed by atoms with Gasteiger partial charge in [-0.25, -0.2) is 8.42 Å². The average Bonchev–Trinajstić information content (AvgIpc) is 2.92. The number of rotatable bonds is 11. The molecule has 10 nitrogen and oxygen atoms in total. The third kappa shape index (κ3) is 6.48. The van der Waals surface area contributed by atoms with Gasteiger partial charge in [0.1, 0.15) is 12.6 Å². The van der Waals surface area contributed by atoms with Crippen LogP contribution in [-0.2, 0) is 26.2 Å². The van der Waals surface area contributed by atoms with Crippen LogP contribution in [0.2, 0.25) is 5.02 Å². The van der Waals surface area contributed by atoms with Crippen molar-refractivity contribution in [3.05, 3.63) is 99.6 Å². The van der Waals surface area contributed by atoms with E-state index < -0.39 is 39.3 Å². The second-order valence-electron chi connectivity index (χ2n) is 8.25. The number of nitrogens with one attached hydrogen (secondary N) is 1. The van der Waals surface area contributed by atoms with E-state index in [1.807, 2.05) is 0 Å². The molecule has 0 bridgehead atoms. The number of hydrogen-bond acceptors (Lipinski definition) is 6. The number of carbonyl (C=O) groups is 2. The number of likely N-dealkylation sites (N-methyl/N-ethyl adjacent to an activating group) is 1. The molecule has 38 heavy (non-hydrogen) atoms. The van der Waals surface area contributed by atoms with Gasteiger partial charge in [0.05, 0.1) is 15.5 Å². The van der Waals surface area contributed by atoms with Gasteiger partial charge in [-0.05, 0) is 42.3 Å². The third-order valence-electron chi connectivity index (χ3n) is 5.89. The topological polar surface area (TPSA) is 130 Å². The summed E-state index contributed by atoms with van der Waals surface area (Å²) >= 11 is 6.33. The first-order chi connectivity index (χ1) is 18.1. The molecule has 0 unspecified atom stereocenters. The van der Waals surface area contributed by atoms with Gasteiger partial charge in [0, 0.05) is 30.7 Å². The monoisotopic (exact) mass is 558 g/mol. The van der Waals surface area contributed by atoms with Crippen LogP contribution >= 0.6 is 11.6 Å². The molecule has 0 spiro atoms. The van der Waals surface area contributed by atoms with Crippen LogP contribution in [-0.4, -0.2) is 49.7 Å². The fourth-order valence-electron chi connectivity index (χ4n) is 3.89. The van der Waals surface area contributed by atoms with E-state index in [4.69, 9.17) is 11.6 Å². The van der Waals surface area contributed by atoms with Crippen molar-refractivity contribution in [1.29, 1.82) is 0 Å². The highest BCUT2D eigenvalue weighted by molar-refractivity contribution is 7.92. The van der Waals surface area contributed by atoms with Gasteiger partial charge in [-0.1, -0.05) is 54.9 Å². The lowest BCUT2D eigenvalue weighted by atomic mass is 10.1. The third-order valence-corrected chi connectivity index (χ3v) is 8.05. The van der Waals surface area contributed by atoms with Crippen molar-refractivity contribution in [2.24, 2.45) is 0 Å². The number of non-ortho nitro benzene ring substituents is 1. The minimum atomic E-state index is -4.27. The predicted molar refractivity (Wildman–Crippen MR) is 144 cm³/mol. The summed E-state index contributed by atoms with van der Waals surface area (Å²) in [4.78, 5) is 38.3. The number of nitro groups is 1. The van der Waals surface area contributed by atoms with Crippen LogP contribution in [0, 0.1) is 10.1 Å². The Bertz CT molecular complexity index is 1400. The number of sulfonamides is 1. The molecule has 0 saturated heterocycles. The van der Waals surface area contributed by atoms with Crippen LogP contribution in [0.25, 0.3) is 0 Å². The van der Waals surface area contributed by atoms with Crippen molar-refractivity contribution >= 4 is 44.8 Å². The van der Waals surface area contributed by atoms with Crippen LogP contribution in [0.15, 0.2) is 83.8 Å². The van der Waals surface area contributed by atoms with Crippen molar-refractivity contribution < 1.29 is 22.9 Å². The Morgan fingerprint density at radius 2 is 1.61 bits per heavy atom. The summed E-state index contributed by atoms with van der Waals surface area (Å²) in [5.74, 6) is -1.07. The zero-order valence-electron chi connectivity index (χ0n) is 20.8. The van der Waals surface area contributed by atoms with Crippen LogP contribution in [0.5, 0.6) is 0 Å². The van der Waals surface area contributed by atoms with E-state index >= 15 is 0 Å². The Kier molecular flexibility index (Phi) is 9.43. The smallest absolute Gasteiger partial charge is 0.269 e. The Morgan fingerprint density at radius 3 is 2.16 bits per heavy atom. The summed E-state index contributed by atoms with van der Waals surface area (Å²) in [6.45, 7) is 1.04. The van der Waals surface area contributed by atoms with E-state index in [-0.39, 0.29) is 29.2 Å². The molecule has 0 aliphatic rings. The molecule has 200 valence electrons. The predicted octanol–water partition coefficient (Wildman–Crippen LogP) is 4.00. The van der Waals surface area contributed by atoms with Gasteiger partial charge < -0.3 is 10.2 Å². The van der Waals surface area contributed by atoms with E-state index in [0.717, 1.165) is 16.4 Å². The van der Waals surface area contributed by atoms with Gasteiger partial charge in [-0.2, -0.15) is 0 Å². The Balaban J connectivity index is 2.08. The second-order valence-corrected chi connectivity index (χ2v) is 10.5. The van der Waals surface area contributed by atoms with Crippen LogP contribution in [0.4, 0.5) is 11.4 Å². The lowest BCUT2D eigenvalue weighted by Gasteiger charge is -2.33. The van der Waals surface area contributed by atoms with E-state index in [2.05, 4.69) is 5.32 Å². The largest absolute Gasteiger partial charge is 0.357 e. The highest BCUT2D eigenvalue weighted by Gasteiger charge is 2.33. The standard InChI is InChI=1S/C26H27ClN4O6S/c1-3-24(26(33)28-2)29(17-19-9-7-8-12-23(19)27)25(32)18-30(20-13-15-21(16-14-20)31(34)35)38(36,37)22-10-5-4-6-11-22/h4-16,24H,3,17-18H2,1-2H3,(H,28,33)/t24-/m0/s1. The molecular formula is C26H27ClN4O6S. The lowest BCUT2D eigenvalue weighted by Crippen LogP contribution is -2.51. The molecule has 3 aromatic carbocycles. The lowest BCUT2D eigenvalue weighted by molar-refractivity contribution is -0.384. The fraction of sp³-hybridized carbons (Fsp3) is 0.231. The van der Waals surface area contributed by atoms with Gasteiger partial charge >= 0.3 is 0 Å². The van der Waals surface area contributed by atoms with Crippen molar-refractivity contribution in [3.63, 3.8) is 0 Å². The van der Waals surface area contributed by atoms with Gasteiger partial charge in [0.25, 0.3) is 15.7 Å². The number of hydrogen-bond donors (Lipinski definition) is 1. The van der Waals surface area contributed by atoms with Gasteiger partial charge in [-0.3, -0.25) is 24.0 Å². The summed E-state index contributed by atoms with van der Waals surface area (Å²) in [5, 5.41) is 14.1. The molecule has 2 amide bonds. The fourth-order valence-corrected chi connectivity index (χ4v) is 5.52. The Labute approximate surface area is 226 Å². The normalized spacial score (nSPS) is 11.9. The van der Waals surface area contributed by atoms with Crippen LogP contribution in [0.3, 0.4) is 0 Å². The molecule has 0 aliphatic carbocycles. The summed E-state index contributed by atoms with van der Waals surface area (Å²) in [5.41, 5.74) is 0.402. The number of nitrogens with zero attached hydrogens (tertiary/aromatic N) is 3. The maximum atomic E-state index is 13.8. The Hall–Kier alpha value is -3.96. The number of amides is 2.